The Bertz CT molecular complexity index is 1000. The van der Waals surface area contributed by atoms with Crippen LogP contribution in [-0.4, -0.2) is 16.8 Å². The smallest absolute Gasteiger partial charge is 0.274 e. The lowest BCUT2D eigenvalue weighted by molar-refractivity contribution is 0.102. The lowest BCUT2D eigenvalue weighted by Gasteiger charge is -2.09. The van der Waals surface area contributed by atoms with Gasteiger partial charge < -0.3 is 10.6 Å². The van der Waals surface area contributed by atoms with Gasteiger partial charge in [-0.05, 0) is 48.4 Å². The fraction of sp³-hybridized carbons (Fsp3) is 0.0952. The van der Waals surface area contributed by atoms with Crippen LogP contribution >= 0.6 is 0 Å². The maximum atomic E-state index is 13.7. The minimum Gasteiger partial charge on any atom is -0.321 e. The summed E-state index contributed by atoms with van der Waals surface area (Å²) in [5, 5.41) is 4.87. The summed E-state index contributed by atoms with van der Waals surface area (Å²) in [6, 6.07) is 13.2. The van der Waals surface area contributed by atoms with Gasteiger partial charge in [0.2, 0.25) is 0 Å². The number of para-hydroxylation sites is 1. The summed E-state index contributed by atoms with van der Waals surface area (Å²) in [7, 11) is 0. The average molecular weight is 381 g/mol. The molecule has 0 saturated heterocycles. The van der Waals surface area contributed by atoms with Crippen molar-refractivity contribution in [2.24, 2.45) is 0 Å². The SMILES string of the molecule is CCc1ccc(NC(=O)c2cc(C(=O)Nc3c(F)cccc3F)ccn2)cc1. The highest BCUT2D eigenvalue weighted by Gasteiger charge is 2.16. The summed E-state index contributed by atoms with van der Waals surface area (Å²) >= 11 is 0. The molecule has 0 aliphatic rings. The molecule has 1 heterocycles. The molecule has 3 rings (SSSR count). The molecular weight excluding hydrogens is 364 g/mol. The fourth-order valence-corrected chi connectivity index (χ4v) is 2.52. The summed E-state index contributed by atoms with van der Waals surface area (Å²) in [6.07, 6.45) is 2.16. The summed E-state index contributed by atoms with van der Waals surface area (Å²) in [5.41, 5.74) is 1.22. The van der Waals surface area contributed by atoms with Crippen molar-refractivity contribution in [1.29, 1.82) is 0 Å². The average Bonchev–Trinajstić information content (AvgIpc) is 2.71. The number of halogens is 2. The normalized spacial score (nSPS) is 10.4. The molecule has 0 aliphatic heterocycles. The van der Waals surface area contributed by atoms with Gasteiger partial charge in [-0.1, -0.05) is 25.1 Å². The number of benzene rings is 2. The Labute approximate surface area is 160 Å². The molecule has 7 heteroatoms. The highest BCUT2D eigenvalue weighted by Crippen LogP contribution is 2.19. The van der Waals surface area contributed by atoms with E-state index in [1.54, 1.807) is 12.1 Å². The monoisotopic (exact) mass is 381 g/mol. The highest BCUT2D eigenvalue weighted by atomic mass is 19.1. The van der Waals surface area contributed by atoms with E-state index in [1.807, 2.05) is 19.1 Å². The van der Waals surface area contributed by atoms with E-state index in [9.17, 15) is 18.4 Å². The van der Waals surface area contributed by atoms with Gasteiger partial charge in [0.25, 0.3) is 11.8 Å². The molecule has 2 aromatic carbocycles. The number of rotatable bonds is 5. The number of carbonyl (C=O) groups excluding carboxylic acids is 2. The first-order chi connectivity index (χ1) is 13.5. The molecule has 0 unspecified atom stereocenters. The van der Waals surface area contributed by atoms with E-state index in [-0.39, 0.29) is 11.3 Å². The Morgan fingerprint density at radius 2 is 1.61 bits per heavy atom. The number of nitrogens with zero attached hydrogens (tertiary/aromatic N) is 1. The highest BCUT2D eigenvalue weighted by molar-refractivity contribution is 6.07. The van der Waals surface area contributed by atoms with Crippen LogP contribution < -0.4 is 10.6 Å². The van der Waals surface area contributed by atoms with Crippen LogP contribution in [0.15, 0.2) is 60.8 Å². The number of nitrogens with one attached hydrogen (secondary N) is 2. The molecule has 0 atom stereocenters. The molecule has 1 aromatic heterocycles. The lowest BCUT2D eigenvalue weighted by atomic mass is 10.1. The number of hydrogen-bond donors (Lipinski definition) is 2. The van der Waals surface area contributed by atoms with Crippen LogP contribution in [0.2, 0.25) is 0 Å². The van der Waals surface area contributed by atoms with Crippen molar-refractivity contribution >= 4 is 23.2 Å². The van der Waals surface area contributed by atoms with E-state index in [0.717, 1.165) is 24.1 Å². The summed E-state index contributed by atoms with van der Waals surface area (Å²) < 4.78 is 27.4. The van der Waals surface area contributed by atoms with Gasteiger partial charge in [0.1, 0.15) is 23.0 Å². The minimum atomic E-state index is -0.893. The van der Waals surface area contributed by atoms with Crippen LogP contribution in [0.5, 0.6) is 0 Å². The maximum Gasteiger partial charge on any atom is 0.274 e. The molecule has 3 aromatic rings. The van der Waals surface area contributed by atoms with Gasteiger partial charge in [0.15, 0.2) is 0 Å². The zero-order valence-electron chi connectivity index (χ0n) is 15.0. The van der Waals surface area contributed by atoms with Gasteiger partial charge in [-0.25, -0.2) is 8.78 Å². The molecule has 142 valence electrons. The Morgan fingerprint density at radius 1 is 0.929 bits per heavy atom. The molecule has 0 aliphatic carbocycles. The Kier molecular flexibility index (Phi) is 5.74. The van der Waals surface area contributed by atoms with Gasteiger partial charge in [-0.15, -0.1) is 0 Å². The van der Waals surface area contributed by atoms with Gasteiger partial charge in [-0.2, -0.15) is 0 Å². The fourth-order valence-electron chi connectivity index (χ4n) is 2.52. The number of pyridine rings is 1. The van der Waals surface area contributed by atoms with Crippen LogP contribution in [-0.2, 0) is 6.42 Å². The van der Waals surface area contributed by atoms with Crippen LogP contribution in [0.4, 0.5) is 20.2 Å². The van der Waals surface area contributed by atoms with E-state index < -0.39 is 29.1 Å². The number of anilines is 2. The third-order valence-electron chi connectivity index (χ3n) is 4.08. The van der Waals surface area contributed by atoms with Gasteiger partial charge in [0.05, 0.1) is 0 Å². The Balaban J connectivity index is 1.75. The summed E-state index contributed by atoms with van der Waals surface area (Å²) in [6.45, 7) is 2.03. The van der Waals surface area contributed by atoms with Gasteiger partial charge in [0, 0.05) is 17.4 Å². The number of hydrogen-bond acceptors (Lipinski definition) is 3. The van der Waals surface area contributed by atoms with E-state index in [4.69, 9.17) is 0 Å². The molecule has 0 saturated carbocycles. The Hall–Kier alpha value is -3.61. The molecule has 2 amide bonds. The second-order valence-electron chi connectivity index (χ2n) is 5.99. The molecule has 0 radical (unpaired) electrons. The van der Waals surface area contributed by atoms with Gasteiger partial charge in [-0.3, -0.25) is 14.6 Å². The topological polar surface area (TPSA) is 71.1 Å². The quantitative estimate of drug-likeness (QED) is 0.687. The van der Waals surface area contributed by atoms with E-state index >= 15 is 0 Å². The molecule has 5 nitrogen and oxygen atoms in total. The maximum absolute atomic E-state index is 13.7. The van der Waals surface area contributed by atoms with E-state index in [1.165, 1.54) is 24.4 Å². The first-order valence-electron chi connectivity index (χ1n) is 8.59. The molecular formula is C21H17F2N3O2. The number of aromatic nitrogens is 1. The van der Waals surface area contributed by atoms with Crippen molar-refractivity contribution < 1.29 is 18.4 Å². The Morgan fingerprint density at radius 3 is 2.25 bits per heavy atom. The molecule has 28 heavy (non-hydrogen) atoms. The van der Waals surface area contributed by atoms with Gasteiger partial charge >= 0.3 is 0 Å². The number of carbonyl (C=O) groups is 2. The van der Waals surface area contributed by atoms with Crippen molar-refractivity contribution in [3.8, 4) is 0 Å². The van der Waals surface area contributed by atoms with Crippen LogP contribution in [0.1, 0.15) is 33.3 Å². The molecule has 0 spiro atoms. The predicted octanol–water partition coefficient (Wildman–Crippen LogP) is 4.43. The largest absolute Gasteiger partial charge is 0.321 e. The van der Waals surface area contributed by atoms with E-state index in [2.05, 4.69) is 15.6 Å². The van der Waals surface area contributed by atoms with Crippen molar-refractivity contribution in [1.82, 2.24) is 4.98 Å². The van der Waals surface area contributed by atoms with Crippen molar-refractivity contribution in [3.63, 3.8) is 0 Å². The second kappa shape index (κ2) is 8.39. The molecule has 0 fully saturated rings. The van der Waals surface area contributed by atoms with Crippen molar-refractivity contribution in [2.75, 3.05) is 10.6 Å². The zero-order chi connectivity index (χ0) is 20.1. The minimum absolute atomic E-state index is 0.00113. The van der Waals surface area contributed by atoms with Crippen LogP contribution in [0.25, 0.3) is 0 Å². The van der Waals surface area contributed by atoms with Crippen molar-refractivity contribution in [3.05, 3.63) is 89.2 Å². The van der Waals surface area contributed by atoms with Crippen LogP contribution in [0, 0.1) is 11.6 Å². The van der Waals surface area contributed by atoms with Crippen LogP contribution in [0.3, 0.4) is 0 Å². The van der Waals surface area contributed by atoms with Crippen molar-refractivity contribution in [2.45, 2.75) is 13.3 Å². The third kappa shape index (κ3) is 4.37. The predicted molar refractivity (Wildman–Crippen MR) is 102 cm³/mol. The third-order valence-corrected chi connectivity index (χ3v) is 4.08. The lowest BCUT2D eigenvalue weighted by Crippen LogP contribution is -2.18. The second-order valence-corrected chi connectivity index (χ2v) is 5.99. The number of aryl methyl sites for hydroxylation is 1. The standard InChI is InChI=1S/C21H17F2N3O2/c1-2-13-6-8-15(9-7-13)25-21(28)18-12-14(10-11-24-18)20(27)26-19-16(22)4-3-5-17(19)23/h3-12H,2H2,1H3,(H,25,28)(H,26,27). The molecule has 2 N–H and O–H groups in total. The molecule has 0 bridgehead atoms. The van der Waals surface area contributed by atoms with E-state index in [0.29, 0.717) is 5.69 Å². The summed E-state index contributed by atoms with van der Waals surface area (Å²) in [5.74, 6) is -3.05. The number of amides is 2. The summed E-state index contributed by atoms with van der Waals surface area (Å²) in [4.78, 5) is 28.7. The zero-order valence-corrected chi connectivity index (χ0v) is 15.0. The first-order valence-corrected chi connectivity index (χ1v) is 8.59. The first kappa shape index (κ1) is 19.2.